The van der Waals surface area contributed by atoms with Gasteiger partial charge in [-0.3, -0.25) is 9.59 Å². The van der Waals surface area contributed by atoms with Gasteiger partial charge in [0.05, 0.1) is 7.11 Å². The van der Waals surface area contributed by atoms with Gasteiger partial charge in [0, 0.05) is 25.9 Å². The molecule has 3 rings (SSSR count). The predicted octanol–water partition coefficient (Wildman–Crippen LogP) is 5.04. The number of hydrogen-bond acceptors (Lipinski definition) is 3. The fourth-order valence-electron chi connectivity index (χ4n) is 3.94. The van der Waals surface area contributed by atoms with Crippen molar-refractivity contribution in [2.45, 2.75) is 45.7 Å². The van der Waals surface area contributed by atoms with Crippen LogP contribution in [0.2, 0.25) is 0 Å². The van der Waals surface area contributed by atoms with E-state index in [1.807, 2.05) is 84.9 Å². The monoisotopic (exact) mass is 472 g/mol. The normalized spacial score (nSPS) is 11.7. The first-order chi connectivity index (χ1) is 17.0. The summed E-state index contributed by atoms with van der Waals surface area (Å²) in [5, 5.41) is 3.06. The first kappa shape index (κ1) is 26.0. The van der Waals surface area contributed by atoms with Gasteiger partial charge < -0.3 is 15.0 Å². The highest BCUT2D eigenvalue weighted by molar-refractivity contribution is 5.88. The third-order valence-corrected chi connectivity index (χ3v) is 5.94. The fourth-order valence-corrected chi connectivity index (χ4v) is 3.94. The zero-order chi connectivity index (χ0) is 25.0. The molecular weight excluding hydrogens is 436 g/mol. The number of hydrogen-bond donors (Lipinski definition) is 1. The minimum Gasteiger partial charge on any atom is -0.497 e. The number of methoxy groups -OCH3 is 1. The van der Waals surface area contributed by atoms with E-state index in [1.54, 1.807) is 12.0 Å². The number of benzene rings is 3. The summed E-state index contributed by atoms with van der Waals surface area (Å²) in [6.45, 7) is 5.04. The number of aryl methyl sites for hydroxylation is 1. The lowest BCUT2D eigenvalue weighted by Crippen LogP contribution is -2.51. The van der Waals surface area contributed by atoms with Gasteiger partial charge in [0.15, 0.2) is 0 Å². The summed E-state index contributed by atoms with van der Waals surface area (Å²) in [6, 6.07) is 26.9. The average Bonchev–Trinajstić information content (AvgIpc) is 2.89. The van der Waals surface area contributed by atoms with Crippen molar-refractivity contribution in [3.05, 3.63) is 102 Å². The summed E-state index contributed by atoms with van der Waals surface area (Å²) in [5.74, 6) is 0.917. The Hall–Kier alpha value is -3.60. The number of rotatable bonds is 12. The first-order valence-corrected chi connectivity index (χ1v) is 12.2. The third kappa shape index (κ3) is 8.29. The van der Waals surface area contributed by atoms with Gasteiger partial charge in [0.25, 0.3) is 0 Å². The molecule has 3 aromatic carbocycles. The molecule has 1 atom stereocenters. The van der Waals surface area contributed by atoms with Crippen LogP contribution in [0.5, 0.6) is 5.75 Å². The SMILES string of the molecule is COc1ccc(CN(C(=O)CCc2ccccc2)[C@H](Cc2ccccc2)C(=O)NCC(C)C)cc1. The van der Waals surface area contributed by atoms with Crippen LogP contribution in [0.1, 0.15) is 37.0 Å². The van der Waals surface area contributed by atoms with Crippen LogP contribution in [0.4, 0.5) is 0 Å². The second kappa shape index (κ2) is 13.3. The Morgan fingerprint density at radius 2 is 1.43 bits per heavy atom. The molecule has 184 valence electrons. The van der Waals surface area contributed by atoms with Crippen LogP contribution >= 0.6 is 0 Å². The standard InChI is InChI=1S/C30H36N2O3/c1-23(2)21-31-30(34)28(20-25-12-8-5-9-13-25)32(22-26-14-17-27(35-3)18-15-26)29(33)19-16-24-10-6-4-7-11-24/h4-15,17-18,23,28H,16,19-22H2,1-3H3,(H,31,34)/t28-/m1/s1. The van der Waals surface area contributed by atoms with E-state index in [4.69, 9.17) is 4.74 Å². The van der Waals surface area contributed by atoms with Gasteiger partial charge in [0.2, 0.25) is 11.8 Å². The molecule has 0 aliphatic carbocycles. The summed E-state index contributed by atoms with van der Waals surface area (Å²) in [5.41, 5.74) is 3.08. The van der Waals surface area contributed by atoms with Gasteiger partial charge in [-0.05, 0) is 41.2 Å². The van der Waals surface area contributed by atoms with E-state index in [2.05, 4.69) is 19.2 Å². The van der Waals surface area contributed by atoms with Gasteiger partial charge >= 0.3 is 0 Å². The quantitative estimate of drug-likeness (QED) is 0.402. The van der Waals surface area contributed by atoms with Gasteiger partial charge in [-0.1, -0.05) is 86.6 Å². The van der Waals surface area contributed by atoms with Gasteiger partial charge in [-0.2, -0.15) is 0 Å². The van der Waals surface area contributed by atoms with E-state index >= 15 is 0 Å². The van der Waals surface area contributed by atoms with Crippen molar-refractivity contribution >= 4 is 11.8 Å². The van der Waals surface area contributed by atoms with Gasteiger partial charge in [0.1, 0.15) is 11.8 Å². The summed E-state index contributed by atoms with van der Waals surface area (Å²) in [6.07, 6.45) is 1.42. The van der Waals surface area contributed by atoms with Gasteiger partial charge in [-0.15, -0.1) is 0 Å². The Bertz CT molecular complexity index is 1050. The minimum absolute atomic E-state index is 0.0368. The topological polar surface area (TPSA) is 58.6 Å². The Morgan fingerprint density at radius 3 is 2.00 bits per heavy atom. The van der Waals surface area contributed by atoms with Gasteiger partial charge in [-0.25, -0.2) is 0 Å². The molecule has 0 aromatic heterocycles. The maximum absolute atomic E-state index is 13.6. The maximum atomic E-state index is 13.6. The number of carbonyl (C=O) groups is 2. The van der Waals surface area contributed by atoms with Crippen molar-refractivity contribution in [3.63, 3.8) is 0 Å². The summed E-state index contributed by atoms with van der Waals surface area (Å²) in [4.78, 5) is 28.8. The van der Waals surface area contributed by atoms with Crippen molar-refractivity contribution in [3.8, 4) is 5.75 Å². The Kier molecular flexibility index (Phi) is 9.91. The molecule has 3 aromatic rings. The van der Waals surface area contributed by atoms with E-state index < -0.39 is 6.04 Å². The van der Waals surface area contributed by atoms with Crippen LogP contribution in [-0.4, -0.2) is 36.4 Å². The molecule has 0 aliphatic heterocycles. The summed E-state index contributed by atoms with van der Waals surface area (Å²) in [7, 11) is 1.63. The van der Waals surface area contributed by atoms with Crippen molar-refractivity contribution in [2.75, 3.05) is 13.7 Å². The van der Waals surface area contributed by atoms with Crippen LogP contribution in [0.25, 0.3) is 0 Å². The van der Waals surface area contributed by atoms with E-state index in [0.29, 0.717) is 38.3 Å². The zero-order valence-corrected chi connectivity index (χ0v) is 20.9. The molecule has 5 heteroatoms. The number of amides is 2. The molecule has 0 spiro atoms. The molecule has 0 heterocycles. The molecule has 0 saturated heterocycles. The lowest BCUT2D eigenvalue weighted by molar-refractivity contribution is -0.141. The molecule has 5 nitrogen and oxygen atoms in total. The smallest absolute Gasteiger partial charge is 0.243 e. The highest BCUT2D eigenvalue weighted by atomic mass is 16.5. The number of nitrogens with one attached hydrogen (secondary N) is 1. The number of carbonyl (C=O) groups excluding carboxylic acids is 2. The molecule has 2 amide bonds. The van der Waals surface area contributed by atoms with E-state index in [-0.39, 0.29) is 11.8 Å². The molecular formula is C30H36N2O3. The third-order valence-electron chi connectivity index (χ3n) is 5.94. The minimum atomic E-state index is -0.610. The molecule has 1 N–H and O–H groups in total. The Labute approximate surface area is 209 Å². The predicted molar refractivity (Wildman–Crippen MR) is 140 cm³/mol. The zero-order valence-electron chi connectivity index (χ0n) is 20.9. The second-order valence-corrected chi connectivity index (χ2v) is 9.20. The van der Waals surface area contributed by atoms with E-state index in [9.17, 15) is 9.59 Å². The highest BCUT2D eigenvalue weighted by Crippen LogP contribution is 2.19. The Morgan fingerprint density at radius 1 is 0.829 bits per heavy atom. The molecule has 0 bridgehead atoms. The average molecular weight is 473 g/mol. The Balaban J connectivity index is 1.89. The van der Waals surface area contributed by atoms with Crippen LogP contribution in [-0.2, 0) is 29.0 Å². The largest absolute Gasteiger partial charge is 0.497 e. The van der Waals surface area contributed by atoms with Crippen molar-refractivity contribution in [2.24, 2.45) is 5.92 Å². The summed E-state index contributed by atoms with van der Waals surface area (Å²) < 4.78 is 5.28. The fraction of sp³-hybridized carbons (Fsp3) is 0.333. The van der Waals surface area contributed by atoms with Crippen LogP contribution in [0.3, 0.4) is 0 Å². The van der Waals surface area contributed by atoms with Crippen LogP contribution in [0, 0.1) is 5.92 Å². The molecule has 0 radical (unpaired) electrons. The lowest BCUT2D eigenvalue weighted by atomic mass is 10.0. The molecule has 0 aliphatic rings. The molecule has 0 unspecified atom stereocenters. The van der Waals surface area contributed by atoms with Crippen molar-refractivity contribution in [1.82, 2.24) is 10.2 Å². The van der Waals surface area contributed by atoms with Crippen molar-refractivity contribution < 1.29 is 14.3 Å². The first-order valence-electron chi connectivity index (χ1n) is 12.2. The van der Waals surface area contributed by atoms with E-state index in [1.165, 1.54) is 0 Å². The maximum Gasteiger partial charge on any atom is 0.243 e. The van der Waals surface area contributed by atoms with Crippen LogP contribution < -0.4 is 10.1 Å². The lowest BCUT2D eigenvalue weighted by Gasteiger charge is -2.32. The molecule has 0 fully saturated rings. The van der Waals surface area contributed by atoms with Crippen LogP contribution in [0.15, 0.2) is 84.9 Å². The molecule has 0 saturated carbocycles. The number of nitrogens with zero attached hydrogens (tertiary/aromatic N) is 1. The molecule has 35 heavy (non-hydrogen) atoms. The van der Waals surface area contributed by atoms with Crippen molar-refractivity contribution in [1.29, 1.82) is 0 Å². The van der Waals surface area contributed by atoms with E-state index in [0.717, 1.165) is 22.4 Å². The highest BCUT2D eigenvalue weighted by Gasteiger charge is 2.30. The second-order valence-electron chi connectivity index (χ2n) is 9.20. The summed E-state index contributed by atoms with van der Waals surface area (Å²) >= 11 is 0. The number of ether oxygens (including phenoxy) is 1.